The summed E-state index contributed by atoms with van der Waals surface area (Å²) in [5.74, 6) is 5.11. The van der Waals surface area contributed by atoms with Gasteiger partial charge < -0.3 is 4.65 Å². The Morgan fingerprint density at radius 1 is 1.00 bits per heavy atom. The summed E-state index contributed by atoms with van der Waals surface area (Å²) in [6.07, 6.45) is 10.7. The SMILES string of the molecule is CCC/C=C/B(/C=C/CCC)Oc1cccc2cccnc12. The first-order valence-corrected chi connectivity index (χ1v) is 8.19. The molecule has 0 saturated carbocycles. The Labute approximate surface area is 134 Å². The molecule has 0 amide bonds. The molecule has 0 aliphatic heterocycles. The number of hydrogen-bond donors (Lipinski definition) is 0. The Morgan fingerprint density at radius 3 is 2.36 bits per heavy atom. The third-order valence-corrected chi connectivity index (χ3v) is 3.42. The Kier molecular flexibility index (Phi) is 6.75. The highest BCUT2D eigenvalue weighted by molar-refractivity contribution is 6.63. The molecule has 0 atom stereocenters. The molecule has 2 rings (SSSR count). The van der Waals surface area contributed by atoms with Crippen LogP contribution in [0.5, 0.6) is 5.75 Å². The van der Waals surface area contributed by atoms with Crippen molar-refractivity contribution in [1.82, 2.24) is 4.98 Å². The predicted octanol–water partition coefficient (Wildman–Crippen LogP) is 5.40. The molecule has 0 saturated heterocycles. The van der Waals surface area contributed by atoms with Crippen molar-refractivity contribution in [3.8, 4) is 5.75 Å². The topological polar surface area (TPSA) is 22.1 Å². The number of para-hydroxylation sites is 1. The van der Waals surface area contributed by atoms with E-state index in [2.05, 4.69) is 55.1 Å². The van der Waals surface area contributed by atoms with E-state index in [-0.39, 0.29) is 6.92 Å². The lowest BCUT2D eigenvalue weighted by atomic mass is 9.67. The van der Waals surface area contributed by atoms with Gasteiger partial charge in [-0.3, -0.25) is 4.98 Å². The molecule has 0 N–H and O–H groups in total. The molecule has 1 aromatic carbocycles. The highest BCUT2D eigenvalue weighted by Gasteiger charge is 2.12. The molecular weight excluding hydrogens is 269 g/mol. The zero-order chi connectivity index (χ0) is 15.6. The fourth-order valence-electron chi connectivity index (χ4n) is 2.25. The summed E-state index contributed by atoms with van der Waals surface area (Å²) in [4.78, 5) is 4.45. The maximum atomic E-state index is 6.18. The van der Waals surface area contributed by atoms with E-state index >= 15 is 0 Å². The number of unbranched alkanes of at least 4 members (excludes halogenated alkanes) is 2. The number of pyridine rings is 1. The zero-order valence-electron chi connectivity index (χ0n) is 13.5. The summed E-state index contributed by atoms with van der Waals surface area (Å²) in [5, 5.41) is 1.11. The van der Waals surface area contributed by atoms with E-state index in [9.17, 15) is 0 Å². The monoisotopic (exact) mass is 293 g/mol. The number of nitrogens with zero attached hydrogens (tertiary/aromatic N) is 1. The lowest BCUT2D eigenvalue weighted by Gasteiger charge is -2.11. The van der Waals surface area contributed by atoms with Crippen LogP contribution in [0.4, 0.5) is 0 Å². The van der Waals surface area contributed by atoms with Gasteiger partial charge in [0.15, 0.2) is 0 Å². The van der Waals surface area contributed by atoms with Crippen molar-refractivity contribution < 1.29 is 4.65 Å². The fraction of sp³-hybridized carbons (Fsp3) is 0.316. The van der Waals surface area contributed by atoms with Crippen LogP contribution in [-0.2, 0) is 0 Å². The molecule has 0 spiro atoms. The minimum absolute atomic E-state index is 0.0364. The minimum Gasteiger partial charge on any atom is -0.551 e. The molecule has 2 aromatic rings. The van der Waals surface area contributed by atoms with Gasteiger partial charge in [0, 0.05) is 11.6 Å². The summed E-state index contributed by atoms with van der Waals surface area (Å²) in [6.45, 7) is 4.33. The van der Waals surface area contributed by atoms with Gasteiger partial charge >= 0.3 is 6.92 Å². The second-order valence-electron chi connectivity index (χ2n) is 5.35. The average Bonchev–Trinajstić information content (AvgIpc) is 2.55. The van der Waals surface area contributed by atoms with Crippen molar-refractivity contribution in [2.24, 2.45) is 0 Å². The minimum atomic E-state index is -0.0364. The van der Waals surface area contributed by atoms with Crippen molar-refractivity contribution in [2.45, 2.75) is 39.5 Å². The van der Waals surface area contributed by atoms with Gasteiger partial charge in [0.1, 0.15) is 11.3 Å². The van der Waals surface area contributed by atoms with Gasteiger partial charge in [-0.1, -0.05) is 69.0 Å². The summed E-state index contributed by atoms with van der Waals surface area (Å²) in [6, 6.07) is 10.1. The Hall–Kier alpha value is -2.03. The summed E-state index contributed by atoms with van der Waals surface area (Å²) >= 11 is 0. The smallest absolute Gasteiger partial charge is 0.410 e. The van der Waals surface area contributed by atoms with Gasteiger partial charge in [0.05, 0.1) is 0 Å². The van der Waals surface area contributed by atoms with Crippen LogP contribution in [0.15, 0.2) is 60.6 Å². The highest BCUT2D eigenvalue weighted by atomic mass is 16.4. The summed E-state index contributed by atoms with van der Waals surface area (Å²) in [5.41, 5.74) is 0.919. The Bertz CT molecular complexity index is 615. The van der Waals surface area contributed by atoms with Gasteiger partial charge in [-0.2, -0.15) is 0 Å². The molecule has 22 heavy (non-hydrogen) atoms. The normalized spacial score (nSPS) is 11.5. The third kappa shape index (κ3) is 4.76. The fourth-order valence-corrected chi connectivity index (χ4v) is 2.25. The summed E-state index contributed by atoms with van der Waals surface area (Å²) < 4.78 is 6.18. The van der Waals surface area contributed by atoms with Gasteiger partial charge in [-0.25, -0.2) is 0 Å². The Morgan fingerprint density at radius 2 is 1.68 bits per heavy atom. The molecule has 2 nitrogen and oxygen atoms in total. The maximum Gasteiger partial charge on any atom is 0.410 e. The number of fused-ring (bicyclic) bond motifs is 1. The number of rotatable bonds is 8. The van der Waals surface area contributed by atoms with Gasteiger partial charge in [-0.05, 0) is 25.0 Å². The molecular formula is C19H24BNO. The van der Waals surface area contributed by atoms with E-state index in [4.69, 9.17) is 4.65 Å². The molecule has 114 valence electrons. The number of allylic oxidation sites excluding steroid dienone is 2. The van der Waals surface area contributed by atoms with Crippen molar-refractivity contribution in [3.63, 3.8) is 0 Å². The first kappa shape index (κ1) is 16.3. The summed E-state index contributed by atoms with van der Waals surface area (Å²) in [7, 11) is 0. The highest BCUT2D eigenvalue weighted by Crippen LogP contribution is 2.23. The van der Waals surface area contributed by atoms with Gasteiger partial charge in [0.2, 0.25) is 0 Å². The van der Waals surface area contributed by atoms with Crippen LogP contribution < -0.4 is 4.65 Å². The van der Waals surface area contributed by atoms with Crippen LogP contribution in [0.25, 0.3) is 10.9 Å². The van der Waals surface area contributed by atoms with Crippen LogP contribution in [0.3, 0.4) is 0 Å². The first-order chi connectivity index (χ1) is 10.8. The maximum absolute atomic E-state index is 6.18. The van der Waals surface area contributed by atoms with Crippen LogP contribution in [0, 0.1) is 0 Å². The van der Waals surface area contributed by atoms with E-state index in [1.54, 1.807) is 0 Å². The quantitative estimate of drug-likeness (QED) is 0.608. The average molecular weight is 293 g/mol. The first-order valence-electron chi connectivity index (χ1n) is 8.19. The van der Waals surface area contributed by atoms with Crippen molar-refractivity contribution in [2.75, 3.05) is 0 Å². The number of hydrogen-bond acceptors (Lipinski definition) is 2. The molecule has 0 aliphatic rings. The van der Waals surface area contributed by atoms with Crippen LogP contribution in [0.2, 0.25) is 0 Å². The number of aromatic nitrogens is 1. The van der Waals surface area contributed by atoms with Crippen LogP contribution in [-0.4, -0.2) is 11.9 Å². The van der Waals surface area contributed by atoms with E-state index in [0.29, 0.717) is 0 Å². The predicted molar refractivity (Wildman–Crippen MR) is 96.2 cm³/mol. The van der Waals surface area contributed by atoms with E-state index in [1.165, 1.54) is 0 Å². The second-order valence-corrected chi connectivity index (χ2v) is 5.35. The molecule has 0 bridgehead atoms. The molecule has 0 unspecified atom stereocenters. The van der Waals surface area contributed by atoms with Crippen LogP contribution in [0.1, 0.15) is 39.5 Å². The lowest BCUT2D eigenvalue weighted by Crippen LogP contribution is -2.17. The molecule has 0 aliphatic carbocycles. The van der Waals surface area contributed by atoms with Gasteiger partial charge in [0.25, 0.3) is 0 Å². The molecule has 1 heterocycles. The van der Waals surface area contributed by atoms with Crippen molar-refractivity contribution in [3.05, 3.63) is 60.6 Å². The van der Waals surface area contributed by atoms with Crippen molar-refractivity contribution in [1.29, 1.82) is 0 Å². The standard InChI is InChI=1S/C19H24BNO/c1-3-5-7-14-20(15-8-6-4-2)22-18-13-9-11-17-12-10-16-21-19(17)18/h7-16H,3-6H2,1-2H3/b14-7+,15-8+. The van der Waals surface area contributed by atoms with Crippen molar-refractivity contribution >= 4 is 17.8 Å². The van der Waals surface area contributed by atoms with E-state index in [0.717, 1.165) is 42.3 Å². The van der Waals surface area contributed by atoms with E-state index in [1.807, 2.05) is 24.4 Å². The lowest BCUT2D eigenvalue weighted by molar-refractivity contribution is 0.595. The largest absolute Gasteiger partial charge is 0.551 e. The third-order valence-electron chi connectivity index (χ3n) is 3.42. The number of benzene rings is 1. The van der Waals surface area contributed by atoms with E-state index < -0.39 is 0 Å². The second kappa shape index (κ2) is 9.09. The molecule has 0 fully saturated rings. The molecule has 1 aromatic heterocycles. The van der Waals surface area contributed by atoms with Crippen LogP contribution >= 0.6 is 0 Å². The van der Waals surface area contributed by atoms with Gasteiger partial charge in [-0.15, -0.1) is 0 Å². The molecule has 0 radical (unpaired) electrons. The Balaban J connectivity index is 2.20. The zero-order valence-corrected chi connectivity index (χ0v) is 13.5. The molecule has 3 heteroatoms.